The first kappa shape index (κ1) is 43.8. The van der Waals surface area contributed by atoms with E-state index in [1.54, 1.807) is 17.1 Å². The minimum atomic E-state index is -2.36. The van der Waals surface area contributed by atoms with Crippen LogP contribution in [0.1, 0.15) is 81.7 Å². The molecule has 2 aromatic carbocycles. The molecule has 17 nitrogen and oxygen atoms in total. The molecular weight excluding hydrogens is 793 g/mol. The number of fused-ring (bicyclic) bond motifs is 3. The van der Waals surface area contributed by atoms with Gasteiger partial charge in [-0.2, -0.15) is 0 Å². The standard InChI is InChI=1S/C41H52N2O15S/c1-21-34(46)25(42-39(51)57-22-9-6-7-13-43(14-12-22)40(52)55-15-16-59(3,4)5)17-29(56-21)58-27-19-41(53,28(45)20-44)18-24-31(27)38(50)33-32(36(24)48)35(47)23-10-8-11-26(54-2)30(23)37(33)49/h6,8-11,21-22,25,27,29,34,44,46,48,50,53H,7,12-20H2,1-5H3,(H,42,51)/b9-6+/t21-,22+,25-,27-,29+,34+,41-/m0/s1. The van der Waals surface area contributed by atoms with Crippen LogP contribution in [0.15, 0.2) is 30.4 Å². The summed E-state index contributed by atoms with van der Waals surface area (Å²) in [5.74, 6) is -3.35. The molecular formula is C41H52N2O15S. The van der Waals surface area contributed by atoms with Crippen LogP contribution in [0.3, 0.4) is 0 Å². The summed E-state index contributed by atoms with van der Waals surface area (Å²) in [5, 5.41) is 58.5. The third-order valence-electron chi connectivity index (χ3n) is 11.1. The summed E-state index contributed by atoms with van der Waals surface area (Å²) in [6.45, 7) is 1.46. The van der Waals surface area contributed by atoms with E-state index in [1.807, 2.05) is 0 Å². The molecule has 0 bridgehead atoms. The summed E-state index contributed by atoms with van der Waals surface area (Å²) in [6, 6.07) is 3.28. The van der Waals surface area contributed by atoms with Gasteiger partial charge in [-0.3, -0.25) is 14.4 Å². The van der Waals surface area contributed by atoms with Crippen molar-refractivity contribution in [1.82, 2.24) is 10.2 Å². The average molecular weight is 845 g/mol. The summed E-state index contributed by atoms with van der Waals surface area (Å²) >= 11 is 0. The van der Waals surface area contributed by atoms with Gasteiger partial charge in [-0.05, 0) is 44.3 Å². The predicted molar refractivity (Wildman–Crippen MR) is 212 cm³/mol. The number of phenols is 2. The number of amides is 2. The third-order valence-corrected chi connectivity index (χ3v) is 12.5. The van der Waals surface area contributed by atoms with Gasteiger partial charge in [-0.15, -0.1) is 0 Å². The second-order valence-corrected chi connectivity index (χ2v) is 20.7. The maximum absolute atomic E-state index is 14.0. The molecule has 18 heteroatoms. The number of ketones is 3. The number of nitrogens with zero attached hydrogens (tertiary/aromatic N) is 1. The fraction of sp³-hybridized carbons (Fsp3) is 0.537. The van der Waals surface area contributed by atoms with Crippen molar-refractivity contribution in [3.05, 3.63) is 63.7 Å². The first-order chi connectivity index (χ1) is 27.9. The number of methoxy groups -OCH3 is 1. The smallest absolute Gasteiger partial charge is 0.409 e. The van der Waals surface area contributed by atoms with Crippen LogP contribution in [0.25, 0.3) is 0 Å². The Bertz CT molecular complexity index is 2030. The summed E-state index contributed by atoms with van der Waals surface area (Å²) in [5.41, 5.74) is -4.13. The first-order valence-corrected chi connectivity index (χ1v) is 22.3. The van der Waals surface area contributed by atoms with Gasteiger partial charge in [0.1, 0.15) is 48.3 Å². The molecule has 4 aliphatic rings. The molecule has 0 saturated carbocycles. The molecule has 7 atom stereocenters. The van der Waals surface area contributed by atoms with Gasteiger partial charge in [0.2, 0.25) is 5.78 Å². The molecule has 0 radical (unpaired) electrons. The number of nitrogens with one attached hydrogen (secondary N) is 1. The molecule has 0 aromatic heterocycles. The van der Waals surface area contributed by atoms with E-state index in [0.717, 1.165) is 5.75 Å². The Labute approximate surface area is 342 Å². The fourth-order valence-corrected chi connectivity index (χ4v) is 8.49. The zero-order valence-electron chi connectivity index (χ0n) is 33.6. The Morgan fingerprint density at radius 1 is 1.05 bits per heavy atom. The summed E-state index contributed by atoms with van der Waals surface area (Å²) in [6.07, 6.45) is 2.25. The second-order valence-electron chi connectivity index (χ2n) is 16.1. The van der Waals surface area contributed by atoms with Crippen molar-refractivity contribution in [2.45, 2.75) is 81.4 Å². The number of aromatic hydroxyl groups is 2. The van der Waals surface area contributed by atoms with Crippen molar-refractivity contribution >= 4 is 39.6 Å². The van der Waals surface area contributed by atoms with Gasteiger partial charge >= 0.3 is 12.2 Å². The van der Waals surface area contributed by atoms with E-state index in [1.165, 1.54) is 32.2 Å². The Kier molecular flexibility index (Phi) is 13.0. The number of Topliss-reactive ketones (excluding diaryl/α,β-unsaturated/α-hetero) is 1. The number of benzene rings is 2. The quantitative estimate of drug-likeness (QED) is 0.127. The Balaban J connectivity index is 1.21. The highest BCUT2D eigenvalue weighted by molar-refractivity contribution is 8.32. The van der Waals surface area contributed by atoms with Crippen molar-refractivity contribution in [1.29, 1.82) is 0 Å². The maximum Gasteiger partial charge on any atom is 0.409 e. The first-order valence-electron chi connectivity index (χ1n) is 19.3. The summed E-state index contributed by atoms with van der Waals surface area (Å²) < 4.78 is 28.7. The van der Waals surface area contributed by atoms with Crippen LogP contribution in [0, 0.1) is 0 Å². The number of phenolic OH excluding ortho intramolecular Hbond substituents is 2. The van der Waals surface area contributed by atoms with E-state index in [0.29, 0.717) is 19.6 Å². The number of hydrogen-bond acceptors (Lipinski definition) is 15. The maximum atomic E-state index is 14.0. The fourth-order valence-electron chi connectivity index (χ4n) is 7.90. The van der Waals surface area contributed by atoms with E-state index in [9.17, 15) is 49.5 Å². The lowest BCUT2D eigenvalue weighted by atomic mass is 9.72. The number of aliphatic hydroxyl groups is 3. The molecule has 6 N–H and O–H groups in total. The molecule has 322 valence electrons. The molecule has 2 aromatic rings. The number of carbonyl (C=O) groups excluding carboxylic acids is 5. The number of aliphatic hydroxyl groups excluding tert-OH is 2. The van der Waals surface area contributed by atoms with E-state index in [2.05, 4.69) is 24.1 Å². The molecule has 2 heterocycles. The Morgan fingerprint density at radius 3 is 2.47 bits per heavy atom. The van der Waals surface area contributed by atoms with Gasteiger partial charge in [0, 0.05) is 61.2 Å². The van der Waals surface area contributed by atoms with E-state index >= 15 is 0 Å². The molecule has 0 unspecified atom stereocenters. The number of rotatable bonds is 10. The number of alkyl carbamates (subject to hydrolysis) is 1. The number of ether oxygens (including phenoxy) is 5. The monoisotopic (exact) mass is 844 g/mol. The van der Waals surface area contributed by atoms with Crippen LogP contribution in [-0.2, 0) is 30.2 Å². The van der Waals surface area contributed by atoms with Gasteiger partial charge in [0.05, 0.1) is 42.0 Å². The Hall–Kier alpha value is -4.72. The minimum Gasteiger partial charge on any atom is -0.507 e. The molecule has 0 spiro atoms. The highest BCUT2D eigenvalue weighted by Gasteiger charge is 2.50. The van der Waals surface area contributed by atoms with Crippen LogP contribution < -0.4 is 10.1 Å². The lowest BCUT2D eigenvalue weighted by Crippen LogP contribution is -2.56. The predicted octanol–water partition coefficient (Wildman–Crippen LogP) is 2.62. The molecule has 2 aliphatic heterocycles. The van der Waals surface area contributed by atoms with Crippen molar-refractivity contribution in [2.75, 3.05) is 57.9 Å². The van der Waals surface area contributed by atoms with E-state index in [-0.39, 0.29) is 47.4 Å². The van der Waals surface area contributed by atoms with Crippen LogP contribution >= 0.6 is 10.0 Å². The van der Waals surface area contributed by atoms with Gasteiger partial charge < -0.3 is 59.4 Å². The SMILES string of the molecule is COc1cccc2c1C(=O)c1c(O)c3c(c(O)c1C2=O)C[C@@](O)(C(=O)CO)C[C@@H]3O[C@@H]1C[C@H](NC(=O)O[C@@H]2/C=C/CCN(C(=O)OCCS(C)(C)C)CC2)[C@H](O)[C@H](C)O1. The van der Waals surface area contributed by atoms with Crippen LogP contribution in [0.2, 0.25) is 0 Å². The molecule has 6 rings (SSSR count). The molecule has 2 amide bonds. The van der Waals surface area contributed by atoms with Crippen LogP contribution in [-0.4, -0.2) is 154 Å². The summed E-state index contributed by atoms with van der Waals surface area (Å²) in [7, 11) is 0.467. The van der Waals surface area contributed by atoms with Crippen LogP contribution in [0.5, 0.6) is 17.2 Å². The normalized spacial score (nSPS) is 27.6. The molecule has 59 heavy (non-hydrogen) atoms. The highest BCUT2D eigenvalue weighted by atomic mass is 32.3. The molecule has 1 saturated heterocycles. The van der Waals surface area contributed by atoms with Crippen molar-refractivity contribution in [3.63, 3.8) is 0 Å². The van der Waals surface area contributed by atoms with E-state index < -0.39 is 124 Å². The van der Waals surface area contributed by atoms with Crippen molar-refractivity contribution in [2.24, 2.45) is 0 Å². The highest BCUT2D eigenvalue weighted by Crippen LogP contribution is 2.52. The lowest BCUT2D eigenvalue weighted by molar-refractivity contribution is -0.249. The van der Waals surface area contributed by atoms with Gasteiger partial charge in [-0.25, -0.2) is 19.6 Å². The van der Waals surface area contributed by atoms with Crippen molar-refractivity contribution in [3.8, 4) is 17.2 Å². The summed E-state index contributed by atoms with van der Waals surface area (Å²) in [4.78, 5) is 68.3. The lowest BCUT2D eigenvalue weighted by Gasteiger charge is -2.42. The van der Waals surface area contributed by atoms with Gasteiger partial charge in [-0.1, -0.05) is 18.2 Å². The molecule has 1 fully saturated rings. The zero-order chi connectivity index (χ0) is 43.0. The third kappa shape index (κ3) is 9.07. The number of carbonyl (C=O) groups is 5. The van der Waals surface area contributed by atoms with Crippen molar-refractivity contribution < 1.29 is 73.2 Å². The van der Waals surface area contributed by atoms with Gasteiger partial charge in [0.15, 0.2) is 17.9 Å². The van der Waals surface area contributed by atoms with Gasteiger partial charge in [0.25, 0.3) is 0 Å². The topological polar surface area (TPSA) is 248 Å². The van der Waals surface area contributed by atoms with Crippen LogP contribution in [0.4, 0.5) is 9.59 Å². The molecule has 2 aliphatic carbocycles. The second kappa shape index (κ2) is 17.5. The zero-order valence-corrected chi connectivity index (χ0v) is 34.4. The Morgan fingerprint density at radius 2 is 1.78 bits per heavy atom. The number of hydrogen-bond donors (Lipinski definition) is 6. The average Bonchev–Trinajstić information content (AvgIpc) is 3.16. The van der Waals surface area contributed by atoms with E-state index in [4.69, 9.17) is 23.7 Å². The minimum absolute atomic E-state index is 0.0547. The largest absolute Gasteiger partial charge is 0.507 e.